The summed E-state index contributed by atoms with van der Waals surface area (Å²) in [6.45, 7) is 31.2. The number of aliphatic hydroxyl groups is 1. The largest absolute Gasteiger partial charge is 0.511 e. The molecule has 0 aromatic heterocycles. The van der Waals surface area contributed by atoms with Crippen molar-refractivity contribution >= 4 is 41.0 Å². The predicted molar refractivity (Wildman–Crippen MR) is 306 cm³/mol. The van der Waals surface area contributed by atoms with Gasteiger partial charge in [0.1, 0.15) is 22.6 Å². The average molecular weight is 1100 g/mol. The molecule has 1 fully saturated rings. The molecular formula is C62H89N5O12. The fraction of sp³-hybridized carbons (Fsp3) is 0.629. The molecule has 3 atom stereocenters. The third-order valence-electron chi connectivity index (χ3n) is 14.7. The van der Waals surface area contributed by atoms with Crippen LogP contribution < -0.4 is 10.6 Å². The van der Waals surface area contributed by atoms with Crippen molar-refractivity contribution in [1.29, 1.82) is 0 Å². The molecule has 0 aromatic rings. The van der Waals surface area contributed by atoms with Gasteiger partial charge < -0.3 is 48.9 Å². The number of allylic oxidation sites excluding steroid dienone is 11. The van der Waals surface area contributed by atoms with Gasteiger partial charge in [-0.15, -0.1) is 0 Å². The van der Waals surface area contributed by atoms with Crippen LogP contribution in [0.4, 0.5) is 0 Å². The molecule has 1 amide bonds. The number of carbonyl (C=O) groups is 4. The van der Waals surface area contributed by atoms with Crippen LogP contribution in [0.25, 0.3) is 0 Å². The number of methoxy groups -OCH3 is 1. The third kappa shape index (κ3) is 16.7. The van der Waals surface area contributed by atoms with E-state index in [4.69, 9.17) is 48.1 Å². The number of esters is 3. The second-order valence-electron chi connectivity index (χ2n) is 24.4. The number of rotatable bonds is 25. The molecule has 434 valence electrons. The molecule has 3 N–H and O–H groups in total. The summed E-state index contributed by atoms with van der Waals surface area (Å²) in [6, 6.07) is 0. The molecule has 17 heteroatoms. The molecule has 8 bridgehead atoms. The van der Waals surface area contributed by atoms with Crippen LogP contribution in [0.2, 0.25) is 0 Å². The van der Waals surface area contributed by atoms with Gasteiger partial charge in [-0.3, -0.25) is 19.2 Å². The van der Waals surface area contributed by atoms with Gasteiger partial charge in [0, 0.05) is 84.7 Å². The minimum atomic E-state index is -1.20. The number of nitrogens with one attached hydrogen (secondary N) is 2. The van der Waals surface area contributed by atoms with E-state index in [1.54, 1.807) is 69.4 Å². The summed E-state index contributed by atoms with van der Waals surface area (Å²) >= 11 is 0. The Kier molecular flexibility index (Phi) is 20.7. The first-order chi connectivity index (χ1) is 37.0. The number of fused-ring (bicyclic) bond motifs is 5. The number of aliphatic hydroxyl groups excluding tert-OH is 1. The van der Waals surface area contributed by atoms with Crippen LogP contribution in [-0.4, -0.2) is 121 Å². The number of ether oxygens (including phenoxy) is 7. The molecule has 1 unspecified atom stereocenters. The lowest BCUT2D eigenvalue weighted by Gasteiger charge is -2.36. The van der Waals surface area contributed by atoms with Gasteiger partial charge in [0.15, 0.2) is 0 Å². The van der Waals surface area contributed by atoms with Crippen LogP contribution >= 0.6 is 0 Å². The minimum Gasteiger partial charge on any atom is -0.511 e. The van der Waals surface area contributed by atoms with Crippen molar-refractivity contribution in [3.8, 4) is 0 Å². The van der Waals surface area contributed by atoms with Crippen molar-refractivity contribution in [2.75, 3.05) is 46.8 Å². The van der Waals surface area contributed by atoms with E-state index in [-0.39, 0.29) is 81.0 Å². The van der Waals surface area contributed by atoms with Gasteiger partial charge in [0.25, 0.3) is 0 Å². The lowest BCUT2D eigenvalue weighted by atomic mass is 9.82. The normalized spacial score (nSPS) is 19.8. The molecule has 79 heavy (non-hydrogen) atoms. The van der Waals surface area contributed by atoms with Crippen LogP contribution in [0, 0.1) is 11.8 Å². The van der Waals surface area contributed by atoms with Gasteiger partial charge in [-0.25, -0.2) is 15.0 Å². The first kappa shape index (κ1) is 62.4. The molecule has 6 aliphatic rings. The second kappa shape index (κ2) is 26.2. The van der Waals surface area contributed by atoms with E-state index in [2.05, 4.69) is 44.4 Å². The Morgan fingerprint density at radius 1 is 0.709 bits per heavy atom. The number of amides is 1. The van der Waals surface area contributed by atoms with Crippen molar-refractivity contribution in [3.63, 3.8) is 0 Å². The molecule has 5 aliphatic heterocycles. The highest BCUT2D eigenvalue weighted by atomic mass is 16.6. The van der Waals surface area contributed by atoms with E-state index in [1.807, 2.05) is 26.0 Å². The van der Waals surface area contributed by atoms with E-state index < -0.39 is 40.2 Å². The van der Waals surface area contributed by atoms with Gasteiger partial charge in [0.2, 0.25) is 5.91 Å². The topological polar surface area (TPSA) is 214 Å². The van der Waals surface area contributed by atoms with Crippen LogP contribution in [0.1, 0.15) is 168 Å². The SMILES string of the molecule is CCC1=C(C)C2=NC1=CC1=C(C)C3=C(O)CC(=C4NC(=CC5=NC(=C2)C(C(C)OCCOCCOCCOC)=C5C)[C@@H](C)[C@@H]4CCC(=O)NC(CCC(=O)OC(C)(C)C)(CCC(=O)OC(C)(C)C)CCC(=O)OC(C)(C)C)C3=N1. The minimum absolute atomic E-state index is 0.0447. The predicted octanol–water partition coefficient (Wildman–Crippen LogP) is 10.7. The highest BCUT2D eigenvalue weighted by Gasteiger charge is 2.43. The number of carbonyl (C=O) groups excluding carboxylic acids is 4. The van der Waals surface area contributed by atoms with E-state index >= 15 is 0 Å². The maximum absolute atomic E-state index is 14.8. The molecule has 0 radical (unpaired) electrons. The zero-order chi connectivity index (χ0) is 58.2. The highest BCUT2D eigenvalue weighted by Crippen LogP contribution is 2.47. The summed E-state index contributed by atoms with van der Waals surface area (Å²) in [5.74, 6) is -1.92. The van der Waals surface area contributed by atoms with Gasteiger partial charge in [-0.05, 0) is 163 Å². The van der Waals surface area contributed by atoms with Crippen molar-refractivity contribution < 1.29 is 57.4 Å². The Morgan fingerprint density at radius 2 is 1.24 bits per heavy atom. The maximum Gasteiger partial charge on any atom is 0.306 e. The molecule has 0 saturated carbocycles. The summed E-state index contributed by atoms with van der Waals surface area (Å²) in [4.78, 5) is 70.6. The van der Waals surface area contributed by atoms with Gasteiger partial charge in [-0.2, -0.15) is 0 Å². The molecule has 5 heterocycles. The zero-order valence-corrected chi connectivity index (χ0v) is 50.1. The number of aliphatic imine (C=N–C) groups is 3. The first-order valence-corrected chi connectivity index (χ1v) is 28.2. The van der Waals surface area contributed by atoms with E-state index in [1.165, 1.54) is 0 Å². The molecule has 6 rings (SSSR count). The lowest BCUT2D eigenvalue weighted by molar-refractivity contribution is -0.155. The molecule has 0 aromatic carbocycles. The molecule has 0 spiro atoms. The first-order valence-electron chi connectivity index (χ1n) is 28.2. The monoisotopic (exact) mass is 1100 g/mol. The average Bonchev–Trinajstić information content (AvgIpc) is 4.34. The van der Waals surface area contributed by atoms with Gasteiger partial charge in [0.05, 0.1) is 80.0 Å². The summed E-state index contributed by atoms with van der Waals surface area (Å²) in [6.07, 6.45) is 7.26. The molecule has 1 saturated heterocycles. The van der Waals surface area contributed by atoms with Gasteiger partial charge in [-0.1, -0.05) is 13.8 Å². The lowest BCUT2D eigenvalue weighted by Crippen LogP contribution is -2.50. The maximum atomic E-state index is 14.8. The quantitative estimate of drug-likeness (QED) is 0.0441. The van der Waals surface area contributed by atoms with Crippen LogP contribution in [0.15, 0.2) is 106 Å². The Labute approximate surface area is 468 Å². The Morgan fingerprint density at radius 3 is 1.78 bits per heavy atom. The summed E-state index contributed by atoms with van der Waals surface area (Å²) in [5, 5.41) is 18.8. The smallest absolute Gasteiger partial charge is 0.306 e. The van der Waals surface area contributed by atoms with Crippen molar-refractivity contribution in [2.45, 2.75) is 197 Å². The Bertz CT molecular complexity index is 2660. The fourth-order valence-corrected chi connectivity index (χ4v) is 10.9. The number of nitrogens with zero attached hydrogens (tertiary/aromatic N) is 3. The summed E-state index contributed by atoms with van der Waals surface area (Å²) in [5.41, 5.74) is 9.26. The summed E-state index contributed by atoms with van der Waals surface area (Å²) in [7, 11) is 1.64. The van der Waals surface area contributed by atoms with E-state index in [9.17, 15) is 24.3 Å². The van der Waals surface area contributed by atoms with E-state index in [0.29, 0.717) is 57.3 Å². The highest BCUT2D eigenvalue weighted by molar-refractivity contribution is 6.21. The van der Waals surface area contributed by atoms with Crippen LogP contribution in [-0.2, 0) is 52.3 Å². The van der Waals surface area contributed by atoms with Crippen LogP contribution in [0.3, 0.4) is 0 Å². The molecule has 17 nitrogen and oxygen atoms in total. The van der Waals surface area contributed by atoms with Gasteiger partial charge >= 0.3 is 17.9 Å². The fourth-order valence-electron chi connectivity index (χ4n) is 10.9. The second-order valence-corrected chi connectivity index (χ2v) is 24.4. The number of hydrogen-bond acceptors (Lipinski definition) is 16. The van der Waals surface area contributed by atoms with Crippen molar-refractivity contribution in [2.24, 2.45) is 26.8 Å². The molecule has 1 aliphatic carbocycles. The van der Waals surface area contributed by atoms with E-state index in [0.717, 1.165) is 79.8 Å². The Hall–Kier alpha value is -5.75. The summed E-state index contributed by atoms with van der Waals surface area (Å²) < 4.78 is 40.0. The zero-order valence-electron chi connectivity index (χ0n) is 50.1. The van der Waals surface area contributed by atoms with Crippen molar-refractivity contribution in [1.82, 2.24) is 10.6 Å². The van der Waals surface area contributed by atoms with Crippen molar-refractivity contribution in [3.05, 3.63) is 91.5 Å². The molecular weight excluding hydrogens is 1010 g/mol. The standard InChI is InChI=1S/C62H89N5O12/c1-17-41-36(2)44-35-49-55(40(6)76-31-30-75-29-28-74-27-26-73-16)38(4)46(64-49)33-45-37(3)42(57(65-45)43-32-50(68)56-39(5)47(66-58(43)56)34-48(41)63-44)18-19-51(69)67-62(23-20-52(70)77-59(7,8)9,24-21-53(71)78-60(10,11)12)25-22-54(72)79-61(13,14)15/h33-35,37,40,42,65,68H,17-32H2,1-16H3,(H,67,69)/t37-,40?,42-/m0/s1. The Balaban J connectivity index is 1.37. The number of hydrogen-bond donors (Lipinski definition) is 3. The third-order valence-corrected chi connectivity index (χ3v) is 14.7. The van der Waals surface area contributed by atoms with Crippen LogP contribution in [0.5, 0.6) is 0 Å².